The Bertz CT molecular complexity index is 744. The van der Waals surface area contributed by atoms with E-state index in [0.29, 0.717) is 16.6 Å². The predicted octanol–water partition coefficient (Wildman–Crippen LogP) is 1.84. The van der Waals surface area contributed by atoms with E-state index in [2.05, 4.69) is 15.1 Å². The van der Waals surface area contributed by atoms with Crippen LogP contribution in [0.15, 0.2) is 23.4 Å². The van der Waals surface area contributed by atoms with Gasteiger partial charge in [0.1, 0.15) is 4.90 Å². The lowest BCUT2D eigenvalue weighted by Crippen LogP contribution is -2.15. The maximum Gasteiger partial charge on any atom is 0.263 e. The first-order valence-corrected chi connectivity index (χ1v) is 9.08. The van der Waals surface area contributed by atoms with Crippen LogP contribution in [0.25, 0.3) is 0 Å². The second-order valence-corrected chi connectivity index (χ2v) is 8.29. The van der Waals surface area contributed by atoms with Crippen molar-refractivity contribution < 1.29 is 8.42 Å². The first kappa shape index (κ1) is 14.6. The normalized spacial score (nSPS) is 15.3. The molecule has 0 amide bonds. The number of aryl methyl sites for hydroxylation is 2. The van der Waals surface area contributed by atoms with Crippen molar-refractivity contribution in [2.24, 2.45) is 7.05 Å². The third-order valence-electron chi connectivity index (χ3n) is 3.31. The SMILES string of the molecule is Cc1sc(CNC2CC2)cc1S(=O)(=O)Nc1cnn(C)c1. The summed E-state index contributed by atoms with van der Waals surface area (Å²) in [6.07, 6.45) is 5.57. The lowest BCUT2D eigenvalue weighted by molar-refractivity contribution is 0.601. The van der Waals surface area contributed by atoms with E-state index in [1.165, 1.54) is 30.4 Å². The number of anilines is 1. The van der Waals surface area contributed by atoms with Crippen molar-refractivity contribution in [1.82, 2.24) is 15.1 Å². The van der Waals surface area contributed by atoms with Crippen LogP contribution in [0.3, 0.4) is 0 Å². The number of hydrogen-bond donors (Lipinski definition) is 2. The maximum atomic E-state index is 12.4. The quantitative estimate of drug-likeness (QED) is 0.849. The van der Waals surface area contributed by atoms with Crippen LogP contribution >= 0.6 is 11.3 Å². The van der Waals surface area contributed by atoms with Crippen molar-refractivity contribution in [3.05, 3.63) is 28.2 Å². The monoisotopic (exact) mass is 326 g/mol. The zero-order valence-electron chi connectivity index (χ0n) is 12.0. The Morgan fingerprint density at radius 2 is 2.24 bits per heavy atom. The standard InChI is InChI=1S/C13H18N4O2S2/c1-9-13(5-12(20-9)7-14-10-3-4-10)21(18,19)16-11-6-15-17(2)8-11/h5-6,8,10,14,16H,3-4,7H2,1-2H3. The molecule has 114 valence electrons. The molecule has 2 heterocycles. The first-order chi connectivity index (χ1) is 9.94. The van der Waals surface area contributed by atoms with Crippen LogP contribution in [0.2, 0.25) is 0 Å². The van der Waals surface area contributed by atoms with Gasteiger partial charge in [-0.15, -0.1) is 11.3 Å². The molecule has 0 saturated heterocycles. The fraction of sp³-hybridized carbons (Fsp3) is 0.462. The Labute approximate surface area is 128 Å². The van der Waals surface area contributed by atoms with E-state index in [4.69, 9.17) is 0 Å². The van der Waals surface area contributed by atoms with E-state index < -0.39 is 10.0 Å². The first-order valence-electron chi connectivity index (χ1n) is 6.78. The molecule has 0 atom stereocenters. The van der Waals surface area contributed by atoms with Crippen molar-refractivity contribution in [2.45, 2.75) is 37.2 Å². The molecule has 0 aliphatic heterocycles. The number of aromatic nitrogens is 2. The number of nitrogens with zero attached hydrogens (tertiary/aromatic N) is 2. The highest BCUT2D eigenvalue weighted by atomic mass is 32.2. The molecule has 1 aliphatic rings. The lowest BCUT2D eigenvalue weighted by atomic mass is 10.4. The zero-order chi connectivity index (χ0) is 15.0. The van der Waals surface area contributed by atoms with E-state index >= 15 is 0 Å². The van der Waals surface area contributed by atoms with Gasteiger partial charge < -0.3 is 5.32 Å². The fourth-order valence-corrected chi connectivity index (χ4v) is 4.71. The average Bonchev–Trinajstić information content (AvgIpc) is 3.03. The molecular weight excluding hydrogens is 308 g/mol. The largest absolute Gasteiger partial charge is 0.309 e. The van der Waals surface area contributed by atoms with Crippen LogP contribution in [-0.4, -0.2) is 24.2 Å². The lowest BCUT2D eigenvalue weighted by Gasteiger charge is -2.04. The van der Waals surface area contributed by atoms with Crippen LogP contribution in [0.5, 0.6) is 0 Å². The van der Waals surface area contributed by atoms with Gasteiger partial charge in [0.2, 0.25) is 0 Å². The Morgan fingerprint density at radius 3 is 2.86 bits per heavy atom. The summed E-state index contributed by atoms with van der Waals surface area (Å²) in [4.78, 5) is 2.20. The minimum absolute atomic E-state index is 0.351. The zero-order valence-corrected chi connectivity index (χ0v) is 13.6. The van der Waals surface area contributed by atoms with Crippen molar-refractivity contribution in [2.75, 3.05) is 4.72 Å². The summed E-state index contributed by atoms with van der Waals surface area (Å²) in [5.74, 6) is 0. The molecule has 0 bridgehead atoms. The summed E-state index contributed by atoms with van der Waals surface area (Å²) >= 11 is 1.52. The summed E-state index contributed by atoms with van der Waals surface area (Å²) < 4.78 is 29.0. The minimum atomic E-state index is -3.55. The second kappa shape index (κ2) is 5.43. The summed E-state index contributed by atoms with van der Waals surface area (Å²) in [6.45, 7) is 2.57. The van der Waals surface area contributed by atoms with Crippen LogP contribution in [0.1, 0.15) is 22.6 Å². The number of sulfonamides is 1. The molecule has 1 aliphatic carbocycles. The van der Waals surface area contributed by atoms with Crippen LogP contribution < -0.4 is 10.0 Å². The highest BCUT2D eigenvalue weighted by molar-refractivity contribution is 7.93. The van der Waals surface area contributed by atoms with Gasteiger partial charge in [-0.2, -0.15) is 5.10 Å². The third kappa shape index (κ3) is 3.45. The molecular formula is C13H18N4O2S2. The molecule has 3 rings (SSSR count). The Morgan fingerprint density at radius 1 is 1.48 bits per heavy atom. The van der Waals surface area contributed by atoms with Crippen molar-refractivity contribution in [3.8, 4) is 0 Å². The molecule has 1 fully saturated rings. The van der Waals surface area contributed by atoms with Crippen LogP contribution in [0.4, 0.5) is 5.69 Å². The minimum Gasteiger partial charge on any atom is -0.309 e. The van der Waals surface area contributed by atoms with Crippen molar-refractivity contribution >= 4 is 27.0 Å². The van der Waals surface area contributed by atoms with Gasteiger partial charge in [0.15, 0.2) is 0 Å². The predicted molar refractivity (Wildman–Crippen MR) is 82.9 cm³/mol. The summed E-state index contributed by atoms with van der Waals surface area (Å²) in [5, 5.41) is 7.36. The molecule has 2 aromatic rings. The Kier molecular flexibility index (Phi) is 3.76. The summed E-state index contributed by atoms with van der Waals surface area (Å²) in [5.41, 5.74) is 0.473. The van der Waals surface area contributed by atoms with Gasteiger partial charge in [-0.25, -0.2) is 8.42 Å². The summed E-state index contributed by atoms with van der Waals surface area (Å²) in [6, 6.07) is 2.37. The van der Waals surface area contributed by atoms with E-state index in [1.54, 1.807) is 24.0 Å². The average molecular weight is 326 g/mol. The van der Waals surface area contributed by atoms with Gasteiger partial charge in [-0.3, -0.25) is 9.40 Å². The Hall–Kier alpha value is -1.38. The molecule has 0 spiro atoms. The van der Waals surface area contributed by atoms with Gasteiger partial charge in [-0.1, -0.05) is 0 Å². The molecule has 0 unspecified atom stereocenters. The molecule has 2 N–H and O–H groups in total. The van der Waals surface area contributed by atoms with E-state index in [1.807, 2.05) is 6.92 Å². The number of hydrogen-bond acceptors (Lipinski definition) is 5. The molecule has 8 heteroatoms. The van der Waals surface area contributed by atoms with Gasteiger partial charge in [-0.05, 0) is 25.8 Å². The van der Waals surface area contributed by atoms with Gasteiger partial charge in [0.25, 0.3) is 10.0 Å². The topological polar surface area (TPSA) is 76.0 Å². The molecule has 1 saturated carbocycles. The van der Waals surface area contributed by atoms with Crippen LogP contribution in [-0.2, 0) is 23.6 Å². The number of rotatable bonds is 6. The molecule has 2 aromatic heterocycles. The van der Waals surface area contributed by atoms with Crippen molar-refractivity contribution in [1.29, 1.82) is 0 Å². The highest BCUT2D eigenvalue weighted by Gasteiger charge is 2.23. The molecule has 0 aromatic carbocycles. The smallest absolute Gasteiger partial charge is 0.263 e. The van der Waals surface area contributed by atoms with Crippen LogP contribution in [0, 0.1) is 6.92 Å². The third-order valence-corrected chi connectivity index (χ3v) is 6.00. The van der Waals surface area contributed by atoms with Crippen molar-refractivity contribution in [3.63, 3.8) is 0 Å². The van der Waals surface area contributed by atoms with Gasteiger partial charge in [0, 0.05) is 35.6 Å². The maximum absolute atomic E-state index is 12.4. The number of nitrogens with one attached hydrogen (secondary N) is 2. The second-order valence-electron chi connectivity index (χ2n) is 5.30. The van der Waals surface area contributed by atoms with Gasteiger partial charge in [0.05, 0.1) is 11.9 Å². The highest BCUT2D eigenvalue weighted by Crippen LogP contribution is 2.28. The van der Waals surface area contributed by atoms with E-state index in [-0.39, 0.29) is 0 Å². The fourth-order valence-electron chi connectivity index (χ4n) is 2.09. The summed E-state index contributed by atoms with van der Waals surface area (Å²) in [7, 11) is -1.81. The molecule has 6 nitrogen and oxygen atoms in total. The Balaban J connectivity index is 1.77. The molecule has 0 radical (unpaired) electrons. The molecule has 21 heavy (non-hydrogen) atoms. The van der Waals surface area contributed by atoms with Gasteiger partial charge >= 0.3 is 0 Å². The number of thiophene rings is 1. The van der Waals surface area contributed by atoms with E-state index in [0.717, 1.165) is 16.3 Å². The van der Waals surface area contributed by atoms with E-state index in [9.17, 15) is 8.42 Å².